The molecule has 0 saturated heterocycles. The highest BCUT2D eigenvalue weighted by Crippen LogP contribution is 2.01. The number of hydrogen-bond donors (Lipinski definition) is 0. The average molecular weight is 199 g/mol. The summed E-state index contributed by atoms with van der Waals surface area (Å²) in [7, 11) is 3.02. The lowest BCUT2D eigenvalue weighted by molar-refractivity contribution is 0.0486. The van der Waals surface area contributed by atoms with Crippen LogP contribution in [0, 0.1) is 0 Å². The van der Waals surface area contributed by atoms with Crippen molar-refractivity contribution in [2.24, 2.45) is 0 Å². The number of rotatable bonds is 5. The van der Waals surface area contributed by atoms with Crippen LogP contribution in [0.3, 0.4) is 0 Å². The van der Waals surface area contributed by atoms with Crippen molar-refractivity contribution in [3.05, 3.63) is 28.7 Å². The molecule has 0 N–H and O–H groups in total. The first-order chi connectivity index (χ1) is 6.79. The summed E-state index contributed by atoms with van der Waals surface area (Å²) in [5, 5.41) is 0. The van der Waals surface area contributed by atoms with E-state index in [2.05, 4.69) is 0 Å². The van der Waals surface area contributed by atoms with Gasteiger partial charge in [-0.2, -0.15) is 0 Å². The number of pyridine rings is 1. The number of nitrogens with zero attached hydrogens (tertiary/aromatic N) is 1. The fourth-order valence-electron chi connectivity index (χ4n) is 0.988. The van der Waals surface area contributed by atoms with Gasteiger partial charge in [0.15, 0.2) is 12.5 Å². The lowest BCUT2D eigenvalue weighted by Crippen LogP contribution is -2.22. The summed E-state index contributed by atoms with van der Waals surface area (Å²) in [5.74, 6) is 0.256. The standard InChI is InChI=1S/C9H13NO4/c1-12-6-10-5-3-4-8(9(10)11)14-7-13-2/h3-5H,6-7H2,1-2H3. The molecule has 0 aliphatic carbocycles. The van der Waals surface area contributed by atoms with Gasteiger partial charge in [-0.3, -0.25) is 9.36 Å². The molecular formula is C9H13NO4. The van der Waals surface area contributed by atoms with Gasteiger partial charge >= 0.3 is 0 Å². The Bertz CT molecular complexity index is 334. The molecule has 0 saturated carbocycles. The van der Waals surface area contributed by atoms with Crippen LogP contribution in [0.25, 0.3) is 0 Å². The lowest BCUT2D eigenvalue weighted by atomic mass is 10.4. The maximum absolute atomic E-state index is 11.6. The average Bonchev–Trinajstić information content (AvgIpc) is 2.20. The molecule has 0 aliphatic rings. The summed E-state index contributed by atoms with van der Waals surface area (Å²) in [4.78, 5) is 11.6. The third-order valence-corrected chi connectivity index (χ3v) is 1.59. The number of aromatic nitrogens is 1. The fraction of sp³-hybridized carbons (Fsp3) is 0.444. The van der Waals surface area contributed by atoms with Crippen LogP contribution in [0.1, 0.15) is 0 Å². The van der Waals surface area contributed by atoms with Gasteiger partial charge in [-0.25, -0.2) is 0 Å². The zero-order valence-corrected chi connectivity index (χ0v) is 8.23. The van der Waals surface area contributed by atoms with Crippen LogP contribution in [0.2, 0.25) is 0 Å². The highest BCUT2D eigenvalue weighted by Gasteiger charge is 2.02. The lowest BCUT2D eigenvalue weighted by Gasteiger charge is -2.07. The summed E-state index contributed by atoms with van der Waals surface area (Å²) >= 11 is 0. The molecule has 0 aromatic carbocycles. The topological polar surface area (TPSA) is 49.7 Å². The van der Waals surface area contributed by atoms with Gasteiger partial charge in [0.05, 0.1) is 0 Å². The van der Waals surface area contributed by atoms with Gasteiger partial charge in [-0.05, 0) is 12.1 Å². The predicted molar refractivity (Wildman–Crippen MR) is 50.2 cm³/mol. The molecular weight excluding hydrogens is 186 g/mol. The van der Waals surface area contributed by atoms with Crippen LogP contribution in [-0.2, 0) is 16.2 Å². The van der Waals surface area contributed by atoms with Gasteiger partial charge in [0.25, 0.3) is 5.56 Å². The van der Waals surface area contributed by atoms with Gasteiger partial charge < -0.3 is 14.2 Å². The molecule has 1 heterocycles. The van der Waals surface area contributed by atoms with Gasteiger partial charge in [-0.1, -0.05) is 0 Å². The second kappa shape index (κ2) is 5.41. The Morgan fingerprint density at radius 2 is 2.14 bits per heavy atom. The molecule has 78 valence electrons. The van der Waals surface area contributed by atoms with Crippen molar-refractivity contribution in [3.63, 3.8) is 0 Å². The van der Waals surface area contributed by atoms with E-state index in [1.807, 2.05) is 0 Å². The Balaban J connectivity index is 2.84. The minimum Gasteiger partial charge on any atom is -0.462 e. The van der Waals surface area contributed by atoms with E-state index in [0.717, 1.165) is 0 Å². The van der Waals surface area contributed by atoms with Crippen molar-refractivity contribution >= 4 is 0 Å². The first kappa shape index (κ1) is 10.7. The fourth-order valence-corrected chi connectivity index (χ4v) is 0.988. The van der Waals surface area contributed by atoms with Gasteiger partial charge in [0, 0.05) is 20.4 Å². The Labute approximate surface area is 81.8 Å². The highest BCUT2D eigenvalue weighted by molar-refractivity contribution is 5.16. The maximum atomic E-state index is 11.6. The van der Waals surface area contributed by atoms with Crippen LogP contribution in [0.5, 0.6) is 5.75 Å². The van der Waals surface area contributed by atoms with Crippen LogP contribution in [0.15, 0.2) is 23.1 Å². The monoisotopic (exact) mass is 199 g/mol. The van der Waals surface area contributed by atoms with E-state index in [-0.39, 0.29) is 24.8 Å². The Morgan fingerprint density at radius 3 is 2.79 bits per heavy atom. The molecule has 0 fully saturated rings. The van der Waals surface area contributed by atoms with Gasteiger partial charge in [0.2, 0.25) is 0 Å². The molecule has 0 atom stereocenters. The van der Waals surface area contributed by atoms with Crippen molar-refractivity contribution in [2.75, 3.05) is 21.0 Å². The van der Waals surface area contributed by atoms with E-state index >= 15 is 0 Å². The highest BCUT2D eigenvalue weighted by atomic mass is 16.7. The summed E-state index contributed by atoms with van der Waals surface area (Å²) in [6.07, 6.45) is 1.63. The van der Waals surface area contributed by atoms with Crippen molar-refractivity contribution in [3.8, 4) is 5.75 Å². The van der Waals surface area contributed by atoms with E-state index in [1.54, 1.807) is 18.3 Å². The van der Waals surface area contributed by atoms with Crippen LogP contribution >= 0.6 is 0 Å². The summed E-state index contributed by atoms with van der Waals surface area (Å²) < 4.78 is 16.0. The second-order valence-electron chi connectivity index (χ2n) is 2.62. The number of hydrogen-bond acceptors (Lipinski definition) is 4. The zero-order valence-electron chi connectivity index (χ0n) is 8.23. The summed E-state index contributed by atoms with van der Waals surface area (Å²) in [6, 6.07) is 3.30. The predicted octanol–water partition coefficient (Wildman–Crippen LogP) is 0.435. The molecule has 0 amide bonds. The van der Waals surface area contributed by atoms with Crippen molar-refractivity contribution in [2.45, 2.75) is 6.73 Å². The van der Waals surface area contributed by atoms with E-state index in [9.17, 15) is 4.79 Å². The molecule has 0 spiro atoms. The van der Waals surface area contributed by atoms with Crippen LogP contribution < -0.4 is 10.3 Å². The minimum absolute atomic E-state index is 0.0617. The van der Waals surface area contributed by atoms with E-state index < -0.39 is 0 Å². The zero-order chi connectivity index (χ0) is 10.4. The first-order valence-corrected chi connectivity index (χ1v) is 4.09. The number of methoxy groups -OCH3 is 2. The van der Waals surface area contributed by atoms with Crippen LogP contribution in [0.4, 0.5) is 0 Å². The Morgan fingerprint density at radius 1 is 1.36 bits per heavy atom. The molecule has 14 heavy (non-hydrogen) atoms. The molecule has 5 heteroatoms. The van der Waals surface area contributed by atoms with E-state index in [1.165, 1.54) is 18.8 Å². The Kier molecular flexibility index (Phi) is 4.15. The number of ether oxygens (including phenoxy) is 3. The maximum Gasteiger partial charge on any atom is 0.294 e. The summed E-state index contributed by atoms with van der Waals surface area (Å²) in [6.45, 7) is 0.273. The molecule has 0 aliphatic heterocycles. The molecule has 1 aromatic heterocycles. The first-order valence-electron chi connectivity index (χ1n) is 4.09. The van der Waals surface area contributed by atoms with Crippen molar-refractivity contribution in [1.29, 1.82) is 0 Å². The largest absolute Gasteiger partial charge is 0.462 e. The smallest absolute Gasteiger partial charge is 0.294 e. The second-order valence-corrected chi connectivity index (χ2v) is 2.62. The Hall–Kier alpha value is -1.33. The molecule has 1 aromatic rings. The SMILES string of the molecule is COCOc1cccn(COC)c1=O. The van der Waals surface area contributed by atoms with Crippen molar-refractivity contribution in [1.82, 2.24) is 4.57 Å². The quantitative estimate of drug-likeness (QED) is 0.645. The molecule has 5 nitrogen and oxygen atoms in total. The van der Waals surface area contributed by atoms with E-state index in [4.69, 9.17) is 14.2 Å². The van der Waals surface area contributed by atoms with Crippen LogP contribution in [-0.4, -0.2) is 25.6 Å². The van der Waals surface area contributed by atoms with Gasteiger partial charge in [0.1, 0.15) is 6.73 Å². The minimum atomic E-state index is -0.230. The molecule has 0 unspecified atom stereocenters. The van der Waals surface area contributed by atoms with Crippen molar-refractivity contribution < 1.29 is 14.2 Å². The summed E-state index contributed by atoms with van der Waals surface area (Å²) in [5.41, 5.74) is -0.230. The molecule has 0 bridgehead atoms. The third kappa shape index (κ3) is 2.58. The normalized spacial score (nSPS) is 10.1. The molecule has 0 radical (unpaired) electrons. The molecule has 1 rings (SSSR count). The van der Waals surface area contributed by atoms with Gasteiger partial charge in [-0.15, -0.1) is 0 Å². The van der Waals surface area contributed by atoms with E-state index in [0.29, 0.717) is 0 Å². The third-order valence-electron chi connectivity index (χ3n) is 1.59.